The van der Waals surface area contributed by atoms with Crippen molar-refractivity contribution >= 4 is 16.9 Å². The van der Waals surface area contributed by atoms with Gasteiger partial charge >= 0.3 is 5.97 Å². The molecule has 20 heavy (non-hydrogen) atoms. The summed E-state index contributed by atoms with van der Waals surface area (Å²) in [5.41, 5.74) is 2.39. The van der Waals surface area contributed by atoms with E-state index in [2.05, 4.69) is 4.98 Å². The molecule has 0 spiro atoms. The van der Waals surface area contributed by atoms with Crippen LogP contribution in [-0.2, 0) is 11.3 Å². The molecule has 2 aromatic carbocycles. The van der Waals surface area contributed by atoms with Crippen LogP contribution in [0.5, 0.6) is 0 Å². The molecular weight excluding hydrogens is 250 g/mol. The van der Waals surface area contributed by atoms with Crippen LogP contribution in [-0.4, -0.2) is 11.0 Å². The molecule has 0 N–H and O–H groups in total. The predicted molar refractivity (Wildman–Crippen MR) is 77.3 cm³/mol. The van der Waals surface area contributed by atoms with E-state index in [1.54, 1.807) is 18.3 Å². The molecule has 0 aliphatic carbocycles. The molecule has 3 rings (SSSR count). The van der Waals surface area contributed by atoms with Gasteiger partial charge in [-0.3, -0.25) is 4.98 Å². The van der Waals surface area contributed by atoms with Gasteiger partial charge in [0.25, 0.3) is 0 Å². The Morgan fingerprint density at radius 2 is 1.85 bits per heavy atom. The van der Waals surface area contributed by atoms with Gasteiger partial charge in [-0.2, -0.15) is 0 Å². The second-order valence-corrected chi connectivity index (χ2v) is 4.47. The number of hydrogen-bond acceptors (Lipinski definition) is 3. The Bertz CT molecular complexity index is 738. The SMILES string of the molecule is O=C(OCc1ccccc1)c1ccc2ncccc2c1. The van der Waals surface area contributed by atoms with Gasteiger partial charge in [0.05, 0.1) is 11.1 Å². The molecule has 1 heterocycles. The lowest BCUT2D eigenvalue weighted by Crippen LogP contribution is -2.05. The minimum absolute atomic E-state index is 0.282. The molecule has 0 saturated heterocycles. The van der Waals surface area contributed by atoms with E-state index in [0.29, 0.717) is 5.56 Å². The summed E-state index contributed by atoms with van der Waals surface area (Å²) < 4.78 is 5.30. The van der Waals surface area contributed by atoms with Crippen molar-refractivity contribution in [3.05, 3.63) is 78.0 Å². The second-order valence-electron chi connectivity index (χ2n) is 4.47. The molecule has 1 aromatic heterocycles. The lowest BCUT2D eigenvalue weighted by Gasteiger charge is -2.05. The first-order valence-electron chi connectivity index (χ1n) is 6.39. The molecule has 0 bridgehead atoms. The molecule has 3 heteroatoms. The number of esters is 1. The summed E-state index contributed by atoms with van der Waals surface area (Å²) in [6.45, 7) is 0.282. The van der Waals surface area contributed by atoms with Gasteiger partial charge in [0.1, 0.15) is 6.61 Å². The maximum absolute atomic E-state index is 12.0. The first-order chi connectivity index (χ1) is 9.83. The van der Waals surface area contributed by atoms with Gasteiger partial charge in [-0.25, -0.2) is 4.79 Å². The van der Waals surface area contributed by atoms with Crippen molar-refractivity contribution in [1.82, 2.24) is 4.98 Å². The summed E-state index contributed by atoms with van der Waals surface area (Å²) in [5.74, 6) is -0.320. The van der Waals surface area contributed by atoms with E-state index in [4.69, 9.17) is 4.74 Å². The number of benzene rings is 2. The van der Waals surface area contributed by atoms with Crippen molar-refractivity contribution in [3.63, 3.8) is 0 Å². The van der Waals surface area contributed by atoms with Crippen molar-refractivity contribution in [2.24, 2.45) is 0 Å². The monoisotopic (exact) mass is 263 g/mol. The number of carbonyl (C=O) groups is 1. The van der Waals surface area contributed by atoms with E-state index in [1.807, 2.05) is 48.5 Å². The fourth-order valence-corrected chi connectivity index (χ4v) is 2.01. The Hall–Kier alpha value is -2.68. The van der Waals surface area contributed by atoms with Crippen molar-refractivity contribution < 1.29 is 9.53 Å². The molecule has 3 nitrogen and oxygen atoms in total. The van der Waals surface area contributed by atoms with Crippen LogP contribution in [0.4, 0.5) is 0 Å². The number of fused-ring (bicyclic) bond motifs is 1. The van der Waals surface area contributed by atoms with E-state index in [9.17, 15) is 4.79 Å². The number of nitrogens with zero attached hydrogens (tertiary/aromatic N) is 1. The molecule has 0 saturated carbocycles. The highest BCUT2D eigenvalue weighted by Gasteiger charge is 2.08. The standard InChI is InChI=1S/C17H13NO2/c19-17(20-12-13-5-2-1-3-6-13)15-8-9-16-14(11-15)7-4-10-18-16/h1-11H,12H2. The predicted octanol–water partition coefficient (Wildman–Crippen LogP) is 3.59. The largest absolute Gasteiger partial charge is 0.457 e. The zero-order valence-electron chi connectivity index (χ0n) is 10.8. The van der Waals surface area contributed by atoms with E-state index < -0.39 is 0 Å². The molecule has 0 unspecified atom stereocenters. The summed E-state index contributed by atoms with van der Waals surface area (Å²) in [6, 6.07) is 18.8. The number of aromatic nitrogens is 1. The van der Waals surface area contributed by atoms with Crippen molar-refractivity contribution in [2.45, 2.75) is 6.61 Å². The highest BCUT2D eigenvalue weighted by molar-refractivity contribution is 5.94. The van der Waals surface area contributed by atoms with Gasteiger partial charge in [-0.1, -0.05) is 36.4 Å². The van der Waals surface area contributed by atoms with Gasteiger partial charge in [-0.05, 0) is 29.8 Å². The van der Waals surface area contributed by atoms with Gasteiger partial charge in [0.15, 0.2) is 0 Å². The summed E-state index contributed by atoms with van der Waals surface area (Å²) in [7, 11) is 0. The van der Waals surface area contributed by atoms with Crippen LogP contribution in [0, 0.1) is 0 Å². The first kappa shape index (κ1) is 12.4. The van der Waals surface area contributed by atoms with E-state index in [-0.39, 0.29) is 12.6 Å². The molecule has 3 aromatic rings. The summed E-state index contributed by atoms with van der Waals surface area (Å²) in [5, 5.41) is 0.932. The number of hydrogen-bond donors (Lipinski definition) is 0. The zero-order chi connectivity index (χ0) is 13.8. The van der Waals surface area contributed by atoms with Crippen LogP contribution in [0.15, 0.2) is 66.9 Å². The Labute approximate surface area is 116 Å². The smallest absolute Gasteiger partial charge is 0.338 e. The third-order valence-electron chi connectivity index (χ3n) is 3.05. The van der Waals surface area contributed by atoms with E-state index in [0.717, 1.165) is 16.5 Å². The van der Waals surface area contributed by atoms with Gasteiger partial charge < -0.3 is 4.74 Å². The number of carbonyl (C=O) groups excluding carboxylic acids is 1. The van der Waals surface area contributed by atoms with Crippen molar-refractivity contribution in [1.29, 1.82) is 0 Å². The molecule has 0 fully saturated rings. The van der Waals surface area contributed by atoms with Crippen LogP contribution in [0.2, 0.25) is 0 Å². The highest BCUT2D eigenvalue weighted by atomic mass is 16.5. The average molecular weight is 263 g/mol. The summed E-state index contributed by atoms with van der Waals surface area (Å²) in [4.78, 5) is 16.2. The maximum atomic E-state index is 12.0. The number of pyridine rings is 1. The van der Waals surface area contributed by atoms with Gasteiger partial charge in [0.2, 0.25) is 0 Å². The maximum Gasteiger partial charge on any atom is 0.338 e. The topological polar surface area (TPSA) is 39.2 Å². The van der Waals surface area contributed by atoms with Crippen LogP contribution in [0.3, 0.4) is 0 Å². The van der Waals surface area contributed by atoms with Crippen molar-refractivity contribution in [2.75, 3.05) is 0 Å². The van der Waals surface area contributed by atoms with Crippen molar-refractivity contribution in [3.8, 4) is 0 Å². The quantitative estimate of drug-likeness (QED) is 0.678. The van der Waals surface area contributed by atoms with Crippen LogP contribution < -0.4 is 0 Å². The highest BCUT2D eigenvalue weighted by Crippen LogP contribution is 2.14. The van der Waals surface area contributed by atoms with E-state index in [1.165, 1.54) is 0 Å². The number of rotatable bonds is 3. The summed E-state index contributed by atoms with van der Waals surface area (Å²) >= 11 is 0. The molecule has 0 aliphatic heterocycles. The second kappa shape index (κ2) is 5.53. The molecule has 98 valence electrons. The fraction of sp³-hybridized carbons (Fsp3) is 0.0588. The molecule has 0 aliphatic rings. The molecule has 0 radical (unpaired) electrons. The van der Waals surface area contributed by atoms with Crippen LogP contribution in [0.25, 0.3) is 10.9 Å². The molecule has 0 amide bonds. The minimum Gasteiger partial charge on any atom is -0.457 e. The molecular formula is C17H13NO2. The lowest BCUT2D eigenvalue weighted by molar-refractivity contribution is 0.0473. The number of ether oxygens (including phenoxy) is 1. The van der Waals surface area contributed by atoms with Gasteiger partial charge in [-0.15, -0.1) is 0 Å². The first-order valence-corrected chi connectivity index (χ1v) is 6.39. The van der Waals surface area contributed by atoms with Crippen LogP contribution in [0.1, 0.15) is 15.9 Å². The Morgan fingerprint density at radius 1 is 1.00 bits per heavy atom. The fourth-order valence-electron chi connectivity index (χ4n) is 2.01. The Kier molecular flexibility index (Phi) is 3.42. The average Bonchev–Trinajstić information content (AvgIpc) is 2.53. The lowest BCUT2D eigenvalue weighted by atomic mass is 10.1. The third-order valence-corrected chi connectivity index (χ3v) is 3.05. The Balaban J connectivity index is 1.75. The van der Waals surface area contributed by atoms with E-state index >= 15 is 0 Å². The third kappa shape index (κ3) is 2.67. The Morgan fingerprint density at radius 3 is 2.70 bits per heavy atom. The minimum atomic E-state index is -0.320. The summed E-state index contributed by atoms with van der Waals surface area (Å²) in [6.07, 6.45) is 1.73. The zero-order valence-corrected chi connectivity index (χ0v) is 10.8. The van der Waals surface area contributed by atoms with Crippen LogP contribution >= 0.6 is 0 Å². The van der Waals surface area contributed by atoms with Gasteiger partial charge in [0, 0.05) is 11.6 Å². The normalized spacial score (nSPS) is 10.4. The molecule has 0 atom stereocenters.